The zero-order chi connectivity index (χ0) is 17.6. The third-order valence-electron chi connectivity index (χ3n) is 4.59. The summed E-state index contributed by atoms with van der Waals surface area (Å²) in [6.07, 6.45) is 4.21. The zero-order valence-electron chi connectivity index (χ0n) is 14.6. The minimum Gasteiger partial charge on any atom is -0.376 e. The van der Waals surface area contributed by atoms with Crippen molar-refractivity contribution >= 4 is 28.4 Å². The number of aromatic amines is 1. The Labute approximate surface area is 153 Å². The molecule has 6 heteroatoms. The van der Waals surface area contributed by atoms with Crippen molar-refractivity contribution in [1.82, 2.24) is 10.3 Å². The van der Waals surface area contributed by atoms with Gasteiger partial charge in [-0.1, -0.05) is 11.6 Å². The van der Waals surface area contributed by atoms with Crippen molar-refractivity contribution in [1.29, 1.82) is 0 Å². The van der Waals surface area contributed by atoms with Gasteiger partial charge in [-0.3, -0.25) is 4.79 Å². The number of carbonyl (C=O) groups excluding carboxylic acids is 1. The van der Waals surface area contributed by atoms with Crippen LogP contribution < -0.4 is 5.32 Å². The second-order valence-corrected chi connectivity index (χ2v) is 6.96. The van der Waals surface area contributed by atoms with E-state index < -0.39 is 0 Å². The Morgan fingerprint density at radius 1 is 1.44 bits per heavy atom. The smallest absolute Gasteiger partial charge is 0.246 e. The van der Waals surface area contributed by atoms with E-state index in [9.17, 15) is 4.79 Å². The molecule has 1 atom stereocenters. The highest BCUT2D eigenvalue weighted by Crippen LogP contribution is 2.25. The summed E-state index contributed by atoms with van der Waals surface area (Å²) in [6.45, 7) is 3.99. The maximum Gasteiger partial charge on any atom is 0.246 e. The van der Waals surface area contributed by atoms with Crippen molar-refractivity contribution in [3.63, 3.8) is 0 Å². The highest BCUT2D eigenvalue weighted by atomic mass is 35.5. The predicted octanol–water partition coefficient (Wildman–Crippen LogP) is 3.37. The summed E-state index contributed by atoms with van der Waals surface area (Å²) in [4.78, 5) is 15.3. The minimum atomic E-state index is -0.0914. The number of rotatable bonds is 7. The number of aryl methyl sites for hydroxylation is 1. The summed E-state index contributed by atoms with van der Waals surface area (Å²) in [6, 6.07) is 5.82. The molecular formula is C19H25ClN2O3. The molecule has 0 bridgehead atoms. The number of hydrogen-bond acceptors (Lipinski definition) is 3. The minimum absolute atomic E-state index is 0.0819. The highest BCUT2D eigenvalue weighted by molar-refractivity contribution is 6.31. The maximum absolute atomic E-state index is 11.9. The number of amides is 1. The van der Waals surface area contributed by atoms with Crippen molar-refractivity contribution in [2.45, 2.75) is 38.7 Å². The lowest BCUT2D eigenvalue weighted by molar-refractivity contribution is -0.127. The molecule has 0 spiro atoms. The Morgan fingerprint density at radius 3 is 3.12 bits per heavy atom. The topological polar surface area (TPSA) is 63.4 Å². The zero-order valence-corrected chi connectivity index (χ0v) is 15.3. The van der Waals surface area contributed by atoms with Gasteiger partial charge >= 0.3 is 0 Å². The Morgan fingerprint density at radius 2 is 2.32 bits per heavy atom. The molecular weight excluding hydrogens is 340 g/mol. The van der Waals surface area contributed by atoms with E-state index in [0.29, 0.717) is 13.2 Å². The Balaban J connectivity index is 1.42. The first-order chi connectivity index (χ1) is 12.1. The van der Waals surface area contributed by atoms with E-state index in [0.717, 1.165) is 47.5 Å². The van der Waals surface area contributed by atoms with Crippen molar-refractivity contribution in [3.8, 4) is 0 Å². The summed E-state index contributed by atoms with van der Waals surface area (Å²) in [5.74, 6) is -0.0914. The molecule has 2 heterocycles. The summed E-state index contributed by atoms with van der Waals surface area (Å²) >= 11 is 6.10. The largest absolute Gasteiger partial charge is 0.376 e. The van der Waals surface area contributed by atoms with Gasteiger partial charge in [0, 0.05) is 34.8 Å². The molecule has 0 aliphatic carbocycles. The van der Waals surface area contributed by atoms with Gasteiger partial charge in [-0.05, 0) is 56.4 Å². The Bertz CT molecular complexity index is 723. The van der Waals surface area contributed by atoms with Gasteiger partial charge in [0.05, 0.1) is 12.7 Å². The molecule has 0 saturated carbocycles. The highest BCUT2D eigenvalue weighted by Gasteiger charge is 2.14. The van der Waals surface area contributed by atoms with Crippen LogP contribution in [0.15, 0.2) is 18.2 Å². The van der Waals surface area contributed by atoms with Gasteiger partial charge in [0.1, 0.15) is 6.61 Å². The van der Waals surface area contributed by atoms with Crippen molar-refractivity contribution < 1.29 is 14.3 Å². The fourth-order valence-corrected chi connectivity index (χ4v) is 3.45. The first-order valence-corrected chi connectivity index (χ1v) is 9.24. The number of hydrogen-bond donors (Lipinski definition) is 2. The van der Waals surface area contributed by atoms with Crippen LogP contribution in [0.1, 0.15) is 30.5 Å². The molecule has 1 aliphatic rings. The molecule has 1 aromatic heterocycles. The normalized spacial score (nSPS) is 17.8. The van der Waals surface area contributed by atoms with Gasteiger partial charge < -0.3 is 19.8 Å². The van der Waals surface area contributed by atoms with E-state index in [-0.39, 0.29) is 18.6 Å². The molecule has 25 heavy (non-hydrogen) atoms. The first-order valence-electron chi connectivity index (χ1n) is 8.86. The van der Waals surface area contributed by atoms with Crippen molar-refractivity contribution in [2.24, 2.45) is 0 Å². The molecule has 1 unspecified atom stereocenters. The molecule has 1 aromatic carbocycles. The fraction of sp³-hybridized carbons (Fsp3) is 0.526. The average molecular weight is 365 g/mol. The number of nitrogens with one attached hydrogen (secondary N) is 2. The van der Waals surface area contributed by atoms with Crippen LogP contribution in [0, 0.1) is 6.92 Å². The van der Waals surface area contributed by atoms with Gasteiger partial charge in [-0.25, -0.2) is 0 Å². The lowest BCUT2D eigenvalue weighted by Gasteiger charge is -2.22. The van der Waals surface area contributed by atoms with Crippen molar-refractivity contribution in [2.75, 3.05) is 26.4 Å². The number of fused-ring (bicyclic) bond motifs is 1. The van der Waals surface area contributed by atoms with Gasteiger partial charge in [-0.15, -0.1) is 0 Å². The number of H-pyrrole nitrogens is 1. The second-order valence-electron chi connectivity index (χ2n) is 6.52. The third kappa shape index (κ3) is 4.97. The quantitative estimate of drug-likeness (QED) is 0.791. The van der Waals surface area contributed by atoms with Gasteiger partial charge in [0.2, 0.25) is 5.91 Å². The number of benzene rings is 1. The van der Waals surface area contributed by atoms with E-state index in [4.69, 9.17) is 21.1 Å². The SMILES string of the molecule is Cc1[nH]c2ccc(Cl)cc2c1CCNC(=O)COCC1CCCCO1. The average Bonchev–Trinajstić information content (AvgIpc) is 2.91. The van der Waals surface area contributed by atoms with Gasteiger partial charge in [0.25, 0.3) is 0 Å². The van der Waals surface area contributed by atoms with Crippen LogP contribution in [0.5, 0.6) is 0 Å². The van der Waals surface area contributed by atoms with E-state index in [2.05, 4.69) is 10.3 Å². The van der Waals surface area contributed by atoms with Crippen LogP contribution in [-0.2, 0) is 20.7 Å². The fourth-order valence-electron chi connectivity index (χ4n) is 3.28. The molecule has 2 aromatic rings. The van der Waals surface area contributed by atoms with Crippen LogP contribution in [0.3, 0.4) is 0 Å². The lowest BCUT2D eigenvalue weighted by atomic mass is 10.1. The third-order valence-corrected chi connectivity index (χ3v) is 4.82. The second kappa shape index (κ2) is 8.70. The predicted molar refractivity (Wildman–Crippen MR) is 99.2 cm³/mol. The standard InChI is InChI=1S/C19H25ClN2O3/c1-13-16(17-10-14(20)5-6-18(17)22-13)7-8-21-19(23)12-24-11-15-4-2-3-9-25-15/h5-6,10,15,22H,2-4,7-9,11-12H2,1H3,(H,21,23). The first kappa shape index (κ1) is 18.2. The summed E-state index contributed by atoms with van der Waals surface area (Å²) in [7, 11) is 0. The molecule has 2 N–H and O–H groups in total. The van der Waals surface area contributed by atoms with E-state index >= 15 is 0 Å². The van der Waals surface area contributed by atoms with Crippen LogP contribution >= 0.6 is 11.6 Å². The van der Waals surface area contributed by atoms with E-state index in [1.54, 1.807) is 0 Å². The van der Waals surface area contributed by atoms with Crippen LogP contribution in [0.25, 0.3) is 10.9 Å². The molecule has 1 amide bonds. The summed E-state index contributed by atoms with van der Waals surface area (Å²) in [5, 5.41) is 4.75. The maximum atomic E-state index is 11.9. The Hall–Kier alpha value is -1.56. The lowest BCUT2D eigenvalue weighted by Crippen LogP contribution is -2.32. The van der Waals surface area contributed by atoms with Gasteiger partial charge in [0.15, 0.2) is 0 Å². The van der Waals surface area contributed by atoms with Gasteiger partial charge in [-0.2, -0.15) is 0 Å². The number of aromatic nitrogens is 1. The molecule has 5 nitrogen and oxygen atoms in total. The summed E-state index contributed by atoms with van der Waals surface area (Å²) in [5.41, 5.74) is 3.37. The molecule has 136 valence electrons. The number of ether oxygens (including phenoxy) is 2. The molecule has 0 radical (unpaired) electrons. The van der Waals surface area contributed by atoms with Crippen LogP contribution in [-0.4, -0.2) is 43.4 Å². The molecule has 3 rings (SSSR count). The number of carbonyl (C=O) groups is 1. The summed E-state index contributed by atoms with van der Waals surface area (Å²) < 4.78 is 11.1. The van der Waals surface area contributed by atoms with Crippen LogP contribution in [0.2, 0.25) is 5.02 Å². The Kier molecular flexibility index (Phi) is 6.34. The van der Waals surface area contributed by atoms with E-state index in [1.165, 1.54) is 12.0 Å². The van der Waals surface area contributed by atoms with Crippen LogP contribution in [0.4, 0.5) is 0 Å². The monoisotopic (exact) mass is 364 g/mol. The molecule has 1 aliphatic heterocycles. The number of halogens is 1. The molecule has 1 fully saturated rings. The molecule has 1 saturated heterocycles. The van der Waals surface area contributed by atoms with Crippen molar-refractivity contribution in [3.05, 3.63) is 34.5 Å². The van der Waals surface area contributed by atoms with E-state index in [1.807, 2.05) is 25.1 Å².